The number of nitrogens with one attached hydrogen (secondary N) is 1. The van der Waals surface area contributed by atoms with E-state index in [1.54, 1.807) is 0 Å². The highest BCUT2D eigenvalue weighted by atomic mass is 79.9. The standard InChI is InChI=1S/C17H19BrClNO/c1-3-11-21-13-9-7-12(8-10-13)17(20-2)14-5-4-6-15(18)16(14)19/h4-10,17,20H,3,11H2,1-2H3. The maximum atomic E-state index is 6.40. The van der Waals surface area contributed by atoms with Crippen molar-refractivity contribution in [2.24, 2.45) is 0 Å². The molecule has 0 bridgehead atoms. The Hall–Kier alpha value is -1.03. The van der Waals surface area contributed by atoms with Gasteiger partial charge in [-0.25, -0.2) is 0 Å². The molecule has 0 fully saturated rings. The molecule has 0 heterocycles. The minimum absolute atomic E-state index is 0.0511. The van der Waals surface area contributed by atoms with Gasteiger partial charge >= 0.3 is 0 Å². The van der Waals surface area contributed by atoms with Gasteiger partial charge < -0.3 is 10.1 Å². The normalized spacial score (nSPS) is 12.2. The van der Waals surface area contributed by atoms with Gasteiger partial charge in [-0.2, -0.15) is 0 Å². The van der Waals surface area contributed by atoms with Crippen LogP contribution in [0.3, 0.4) is 0 Å². The monoisotopic (exact) mass is 367 g/mol. The lowest BCUT2D eigenvalue weighted by molar-refractivity contribution is 0.317. The molecule has 0 radical (unpaired) electrons. The van der Waals surface area contributed by atoms with Crippen molar-refractivity contribution in [3.05, 3.63) is 63.1 Å². The van der Waals surface area contributed by atoms with Crippen molar-refractivity contribution in [3.8, 4) is 5.75 Å². The van der Waals surface area contributed by atoms with E-state index in [9.17, 15) is 0 Å². The third-order valence-corrected chi connectivity index (χ3v) is 4.58. The second-order valence-corrected chi connectivity index (χ2v) is 6.01. The minimum atomic E-state index is 0.0511. The van der Waals surface area contributed by atoms with Gasteiger partial charge in [-0.1, -0.05) is 42.8 Å². The van der Waals surface area contributed by atoms with Crippen molar-refractivity contribution in [1.29, 1.82) is 0 Å². The predicted molar refractivity (Wildman–Crippen MR) is 92.3 cm³/mol. The van der Waals surface area contributed by atoms with E-state index >= 15 is 0 Å². The first kappa shape index (κ1) is 16.3. The summed E-state index contributed by atoms with van der Waals surface area (Å²) >= 11 is 9.88. The maximum Gasteiger partial charge on any atom is 0.119 e. The van der Waals surface area contributed by atoms with E-state index in [-0.39, 0.29) is 6.04 Å². The Morgan fingerprint density at radius 2 is 1.90 bits per heavy atom. The van der Waals surface area contributed by atoms with Crippen LogP contribution in [0.2, 0.25) is 5.02 Å². The van der Waals surface area contributed by atoms with Gasteiger partial charge in [0.1, 0.15) is 5.75 Å². The molecule has 0 saturated carbocycles. The third kappa shape index (κ3) is 4.00. The van der Waals surface area contributed by atoms with E-state index in [0.29, 0.717) is 0 Å². The zero-order chi connectivity index (χ0) is 15.2. The molecule has 112 valence electrons. The van der Waals surface area contributed by atoms with Gasteiger partial charge in [0.2, 0.25) is 0 Å². The van der Waals surface area contributed by atoms with Crippen LogP contribution in [0, 0.1) is 0 Å². The van der Waals surface area contributed by atoms with Crippen molar-refractivity contribution < 1.29 is 4.74 Å². The average molecular weight is 369 g/mol. The molecule has 0 saturated heterocycles. The van der Waals surface area contributed by atoms with E-state index in [1.165, 1.54) is 0 Å². The van der Waals surface area contributed by atoms with Crippen LogP contribution in [0.4, 0.5) is 0 Å². The summed E-state index contributed by atoms with van der Waals surface area (Å²) in [5, 5.41) is 4.06. The number of halogens is 2. The summed E-state index contributed by atoms with van der Waals surface area (Å²) in [6.45, 7) is 2.84. The molecule has 0 amide bonds. The van der Waals surface area contributed by atoms with Gasteiger partial charge in [-0.05, 0) is 58.7 Å². The zero-order valence-electron chi connectivity index (χ0n) is 12.2. The van der Waals surface area contributed by atoms with Crippen molar-refractivity contribution in [3.63, 3.8) is 0 Å². The largest absolute Gasteiger partial charge is 0.494 e. The van der Waals surface area contributed by atoms with E-state index in [1.807, 2.05) is 37.4 Å². The summed E-state index contributed by atoms with van der Waals surface area (Å²) in [6, 6.07) is 14.2. The van der Waals surface area contributed by atoms with Gasteiger partial charge in [-0.15, -0.1) is 0 Å². The van der Waals surface area contributed by atoms with Gasteiger partial charge in [0.15, 0.2) is 0 Å². The first-order chi connectivity index (χ1) is 10.2. The Balaban J connectivity index is 2.27. The van der Waals surface area contributed by atoms with Crippen LogP contribution in [-0.4, -0.2) is 13.7 Å². The molecule has 2 aromatic carbocycles. The summed E-state index contributed by atoms with van der Waals surface area (Å²) in [5.41, 5.74) is 2.21. The summed E-state index contributed by atoms with van der Waals surface area (Å²) in [7, 11) is 1.93. The van der Waals surface area contributed by atoms with Crippen LogP contribution in [0.15, 0.2) is 46.9 Å². The highest BCUT2D eigenvalue weighted by molar-refractivity contribution is 9.10. The van der Waals surface area contributed by atoms with Crippen molar-refractivity contribution in [2.45, 2.75) is 19.4 Å². The summed E-state index contributed by atoms with van der Waals surface area (Å²) < 4.78 is 6.53. The number of ether oxygens (including phenoxy) is 1. The summed E-state index contributed by atoms with van der Waals surface area (Å²) in [4.78, 5) is 0. The Labute approximate surface area is 139 Å². The highest BCUT2D eigenvalue weighted by Gasteiger charge is 2.16. The first-order valence-corrected chi connectivity index (χ1v) is 8.18. The molecular formula is C17H19BrClNO. The lowest BCUT2D eigenvalue weighted by Gasteiger charge is -2.19. The molecule has 1 N–H and O–H groups in total. The van der Waals surface area contributed by atoms with Crippen LogP contribution < -0.4 is 10.1 Å². The van der Waals surface area contributed by atoms with Crippen molar-refractivity contribution in [2.75, 3.05) is 13.7 Å². The molecule has 2 aromatic rings. The number of rotatable bonds is 6. The van der Waals surface area contributed by atoms with Gasteiger partial charge in [0, 0.05) is 4.47 Å². The molecule has 0 aliphatic heterocycles. The average Bonchev–Trinajstić information content (AvgIpc) is 2.51. The van der Waals surface area contributed by atoms with Crippen molar-refractivity contribution in [1.82, 2.24) is 5.32 Å². The molecule has 21 heavy (non-hydrogen) atoms. The van der Waals surface area contributed by atoms with Gasteiger partial charge in [0.25, 0.3) is 0 Å². The van der Waals surface area contributed by atoms with Crippen molar-refractivity contribution >= 4 is 27.5 Å². The Morgan fingerprint density at radius 3 is 2.52 bits per heavy atom. The van der Waals surface area contributed by atoms with Crippen LogP contribution in [0.25, 0.3) is 0 Å². The molecule has 1 unspecified atom stereocenters. The quantitative estimate of drug-likeness (QED) is 0.756. The Morgan fingerprint density at radius 1 is 1.19 bits per heavy atom. The summed E-state index contributed by atoms with van der Waals surface area (Å²) in [6.07, 6.45) is 1.01. The topological polar surface area (TPSA) is 21.3 Å². The lowest BCUT2D eigenvalue weighted by Crippen LogP contribution is -2.18. The number of hydrogen-bond acceptors (Lipinski definition) is 2. The molecular weight excluding hydrogens is 350 g/mol. The fourth-order valence-corrected chi connectivity index (χ4v) is 2.84. The number of benzene rings is 2. The maximum absolute atomic E-state index is 6.40. The third-order valence-electron chi connectivity index (χ3n) is 3.27. The Kier molecular flexibility index (Phi) is 6.09. The van der Waals surface area contributed by atoms with Gasteiger partial charge in [0.05, 0.1) is 17.7 Å². The van der Waals surface area contributed by atoms with Crippen LogP contribution in [0.5, 0.6) is 5.75 Å². The number of hydrogen-bond donors (Lipinski definition) is 1. The highest BCUT2D eigenvalue weighted by Crippen LogP contribution is 2.33. The van der Waals surface area contributed by atoms with E-state index < -0.39 is 0 Å². The Bertz CT molecular complexity index is 586. The zero-order valence-corrected chi connectivity index (χ0v) is 14.5. The fraction of sp³-hybridized carbons (Fsp3) is 0.294. The van der Waals surface area contributed by atoms with Crippen LogP contribution in [0.1, 0.15) is 30.5 Å². The molecule has 0 aromatic heterocycles. The van der Waals surface area contributed by atoms with Crippen LogP contribution in [-0.2, 0) is 0 Å². The van der Waals surface area contributed by atoms with E-state index in [2.05, 4.69) is 40.3 Å². The fourth-order valence-electron chi connectivity index (χ4n) is 2.22. The van der Waals surface area contributed by atoms with Gasteiger partial charge in [-0.3, -0.25) is 0 Å². The molecule has 2 nitrogen and oxygen atoms in total. The second kappa shape index (κ2) is 7.83. The molecule has 0 spiro atoms. The SMILES string of the molecule is CCCOc1ccc(C(NC)c2cccc(Br)c2Cl)cc1. The molecule has 0 aliphatic rings. The molecule has 0 aliphatic carbocycles. The van der Waals surface area contributed by atoms with E-state index in [4.69, 9.17) is 16.3 Å². The predicted octanol–water partition coefficient (Wildman–Crippen LogP) is 5.20. The van der Waals surface area contributed by atoms with Crippen LogP contribution >= 0.6 is 27.5 Å². The first-order valence-electron chi connectivity index (χ1n) is 7.01. The smallest absolute Gasteiger partial charge is 0.119 e. The molecule has 2 rings (SSSR count). The second-order valence-electron chi connectivity index (χ2n) is 4.78. The molecule has 1 atom stereocenters. The molecule has 4 heteroatoms. The lowest BCUT2D eigenvalue weighted by atomic mass is 9.99. The minimum Gasteiger partial charge on any atom is -0.494 e. The summed E-state index contributed by atoms with van der Waals surface area (Å²) in [5.74, 6) is 0.899. The van der Waals surface area contributed by atoms with E-state index in [0.717, 1.165) is 39.4 Å².